The molecule has 12 rings (SSSR count). The first kappa shape index (κ1) is 116. The third-order valence-electron chi connectivity index (χ3n) is 32.6. The summed E-state index contributed by atoms with van der Waals surface area (Å²) in [6.45, 7) is 11.1. The number of unbranched alkanes of at least 4 members (excludes halogenated alkanes) is 16. The Balaban J connectivity index is 0.000000219. The van der Waals surface area contributed by atoms with Crippen molar-refractivity contribution in [3.63, 3.8) is 0 Å². The summed E-state index contributed by atoms with van der Waals surface area (Å²) in [4.78, 5) is 111. The van der Waals surface area contributed by atoms with E-state index in [0.717, 1.165) is 286 Å². The summed E-state index contributed by atoms with van der Waals surface area (Å²) < 4.78 is 29.7. The van der Waals surface area contributed by atoms with Gasteiger partial charge in [-0.3, -0.25) is 33.6 Å². The van der Waals surface area contributed by atoms with Crippen LogP contribution in [0.25, 0.3) is 0 Å². The number of aliphatic carboxylic acids is 3. The van der Waals surface area contributed by atoms with E-state index in [9.17, 15) is 73.8 Å². The van der Waals surface area contributed by atoms with Crippen molar-refractivity contribution >= 4 is 53.2 Å². The van der Waals surface area contributed by atoms with Gasteiger partial charge in [0.25, 0.3) is 0 Å². The molecule has 0 saturated heterocycles. The fourth-order valence-corrected chi connectivity index (χ4v) is 25.0. The normalized spacial score (nSPS) is 25.8. The summed E-state index contributed by atoms with van der Waals surface area (Å²) in [5, 5.41) is 79.8. The number of aliphatic hydroxyl groups is 4. The van der Waals surface area contributed by atoms with Crippen LogP contribution in [-0.2, 0) is 91.1 Å². The summed E-state index contributed by atoms with van der Waals surface area (Å²) in [6, 6.07) is 17.8. The lowest BCUT2D eigenvalue weighted by Crippen LogP contribution is -2.42. The number of nitrogens with one attached hydrogen (secondary N) is 3. The maximum Gasteiger partial charge on any atom is 0.341 e. The quantitative estimate of drug-likeness (QED) is 0.0184. The third kappa shape index (κ3) is 37.5. The molecule has 2 amide bonds. The Kier molecular flexibility index (Phi) is 52.7. The van der Waals surface area contributed by atoms with Crippen LogP contribution in [0.3, 0.4) is 0 Å². The average Bonchev–Trinajstić information content (AvgIpc) is 1.62. The SMILES string of the molecule is CCCCC[C@@H](CC[C@@H]1[C@H]2Cc3cccc(OCC(=O)O)c3C[C@H]2C[C@H]1O)OC(=O)C1CCCCC1C(=O)NCCCCCCN.CCCCC[C@H](O)CC[C@@H]1[C@H]2Cc3cccc(OCC(=O)O)c3C[C@H]2C[C@H]1OC(=O)C1CCCCC1C(=O)NCCCCCCN.CCCCC[C@H](O)CC[C@@H]1[C@H]2Cc3cccc(OCC(C)=O)c3C[C@H]2C[C@H]1O.CNCCCCCCCC(=O)C1CCCCC1C(=O)O. The number of fused-ring (bicyclic) bond motifs is 6. The third-order valence-corrected chi connectivity index (χ3v) is 32.6. The van der Waals surface area contributed by atoms with Crippen LogP contribution in [0.15, 0.2) is 54.6 Å². The van der Waals surface area contributed by atoms with Crippen molar-refractivity contribution in [2.45, 2.75) is 405 Å². The molecule has 14 N–H and O–H groups in total. The lowest BCUT2D eigenvalue weighted by molar-refractivity contribution is -0.162. The maximum atomic E-state index is 13.9. The molecule has 9 aliphatic rings. The molecule has 6 unspecified atom stereocenters. The summed E-state index contributed by atoms with van der Waals surface area (Å²) in [5.74, 6) is -0.486. The van der Waals surface area contributed by atoms with Crippen molar-refractivity contribution in [1.82, 2.24) is 16.0 Å². The van der Waals surface area contributed by atoms with Gasteiger partial charge in [0, 0.05) is 25.4 Å². The van der Waals surface area contributed by atoms with Gasteiger partial charge in [-0.1, -0.05) is 192 Å². The molecule has 788 valence electrons. The van der Waals surface area contributed by atoms with E-state index in [1.807, 2.05) is 43.4 Å². The summed E-state index contributed by atoms with van der Waals surface area (Å²) in [6.07, 6.45) is 46.6. The van der Waals surface area contributed by atoms with Crippen molar-refractivity contribution in [2.24, 2.45) is 100 Å². The largest absolute Gasteiger partial charge is 0.486 e. The van der Waals surface area contributed by atoms with Crippen LogP contribution in [-0.4, -0.2) is 185 Å². The topological polar surface area (TPSA) is 430 Å². The summed E-state index contributed by atoms with van der Waals surface area (Å²) in [5.41, 5.74) is 18.1. The zero-order chi connectivity index (χ0) is 101. The molecule has 140 heavy (non-hydrogen) atoms. The van der Waals surface area contributed by atoms with Gasteiger partial charge in [0.2, 0.25) is 11.8 Å². The molecule has 0 radical (unpaired) electrons. The molecular weight excluding hydrogens is 1780 g/mol. The van der Waals surface area contributed by atoms with Crippen LogP contribution >= 0.6 is 0 Å². The molecule has 0 bridgehead atoms. The number of esters is 2. The number of Topliss-reactive ketones (excluding diaryl/α,β-unsaturated/α-hetero) is 2. The number of nitrogens with two attached hydrogens (primary N) is 2. The Bertz CT molecular complexity index is 4200. The number of carboxylic acid groups (broad SMARTS) is 3. The number of carboxylic acids is 3. The van der Waals surface area contributed by atoms with Crippen LogP contribution in [0.5, 0.6) is 17.2 Å². The van der Waals surface area contributed by atoms with Crippen molar-refractivity contribution in [3.8, 4) is 17.2 Å². The molecule has 21 atom stereocenters. The fraction of sp³-hybridized carbons (Fsp3) is 0.763. The number of benzene rings is 3. The predicted octanol–water partition coefficient (Wildman–Crippen LogP) is 18.2. The maximum absolute atomic E-state index is 13.9. The van der Waals surface area contributed by atoms with Crippen LogP contribution < -0.4 is 41.6 Å². The Hall–Kier alpha value is -7.59. The second kappa shape index (κ2) is 63.6. The molecule has 9 aliphatic carbocycles. The molecule has 0 aliphatic heterocycles. The van der Waals surface area contributed by atoms with Crippen molar-refractivity contribution in [3.05, 3.63) is 88.0 Å². The smallest absolute Gasteiger partial charge is 0.341 e. The van der Waals surface area contributed by atoms with Crippen LogP contribution in [0, 0.1) is 88.8 Å². The number of ketones is 2. The van der Waals surface area contributed by atoms with Gasteiger partial charge in [-0.2, -0.15) is 0 Å². The molecule has 26 nitrogen and oxygen atoms in total. The second-order valence-corrected chi connectivity index (χ2v) is 42.8. The monoisotopic (exact) mass is 1960 g/mol. The zero-order valence-electron chi connectivity index (χ0n) is 86.0. The van der Waals surface area contributed by atoms with E-state index in [4.69, 9.17) is 40.3 Å². The molecule has 0 aromatic heterocycles. The number of ether oxygens (including phenoxy) is 5. The first-order valence-electron chi connectivity index (χ1n) is 55.4. The lowest BCUT2D eigenvalue weighted by atomic mass is 9.73. The minimum Gasteiger partial charge on any atom is -0.486 e. The summed E-state index contributed by atoms with van der Waals surface area (Å²) >= 11 is 0. The fourth-order valence-electron chi connectivity index (χ4n) is 25.0. The molecule has 3 aromatic carbocycles. The highest BCUT2D eigenvalue weighted by Crippen LogP contribution is 2.53. The van der Waals surface area contributed by atoms with E-state index in [-0.39, 0.29) is 127 Å². The van der Waals surface area contributed by atoms with Gasteiger partial charge in [0.1, 0.15) is 41.8 Å². The lowest BCUT2D eigenvalue weighted by Gasteiger charge is -2.33. The number of hydrogen-bond acceptors (Lipinski definition) is 21. The standard InChI is InChI=1S/2C37H58N2O7.C24H36O4.C16H29NO3/c1-2-3-6-13-27(46-37(44)30-15-8-7-14-29(30)36(43)39-20-10-5-4-9-19-38)17-18-28-31-21-25-12-11-16-34(45-24-35(41)42)32(25)22-26(31)23-33(28)40;1-2-3-6-13-27(40)17-18-28-31-21-25-12-11-16-33(45-24-35(41)42)32(25)22-26(31)23-34(28)46-37(44)30-15-8-7-14-29(30)36(43)39-20-10-5-4-9-19-38;1-3-4-5-8-19(26)10-11-20-21-12-17-7-6-9-24(28-15-16(2)25)22(17)13-18(21)14-23(20)27;1-17-12-8-4-2-3-5-11-15(18)13-9-6-7-10-14(13)16(19)20/h11-12,16,26-31,33,40H,2-10,13-15,17-24,38H2,1H3,(H,39,43)(H,41,42);11-12,16,26-31,34,40H,2-10,13-15,17-24,38H2,1H3,(H,39,43)(H,41,42);6-7,9,18-21,23,26-27H,3-5,8,10-15H2,1-2H3;13-14,17H,2-12H2,1H3,(H,19,20)/t26-,27-,28+,29?,30?,31-,33+;26-,27-,28+,29?,30?,31-,34+;18-,19-,20+,21-,23+;/m000./s1. The number of hydrogen-bond donors (Lipinski definition) is 12. The number of rotatable bonds is 58. The molecule has 26 heteroatoms. The highest BCUT2D eigenvalue weighted by atomic mass is 16.6. The summed E-state index contributed by atoms with van der Waals surface area (Å²) in [7, 11) is 1.96. The van der Waals surface area contributed by atoms with Gasteiger partial charge in [-0.25, -0.2) is 9.59 Å². The van der Waals surface area contributed by atoms with E-state index in [1.165, 1.54) is 48.8 Å². The van der Waals surface area contributed by atoms with Crippen LogP contribution in [0.4, 0.5) is 0 Å². The highest BCUT2D eigenvalue weighted by Gasteiger charge is 2.51. The van der Waals surface area contributed by atoms with Gasteiger partial charge >= 0.3 is 29.8 Å². The Morgan fingerprint density at radius 1 is 0.407 bits per heavy atom. The van der Waals surface area contributed by atoms with E-state index in [2.05, 4.69) is 54.9 Å². The van der Waals surface area contributed by atoms with Gasteiger partial charge < -0.3 is 86.8 Å². The second-order valence-electron chi connectivity index (χ2n) is 42.8. The Morgan fingerprint density at radius 3 is 1.24 bits per heavy atom. The van der Waals surface area contributed by atoms with Crippen LogP contribution in [0.1, 0.15) is 363 Å². The first-order valence-corrected chi connectivity index (χ1v) is 55.4. The minimum atomic E-state index is -1.01. The molecule has 3 aromatic rings. The zero-order valence-corrected chi connectivity index (χ0v) is 86.0. The molecule has 0 heterocycles. The minimum absolute atomic E-state index is 0.0165. The van der Waals surface area contributed by atoms with Gasteiger partial charge in [-0.15, -0.1) is 0 Å². The van der Waals surface area contributed by atoms with Crippen molar-refractivity contribution in [2.75, 3.05) is 59.6 Å². The number of carbonyl (C=O) groups excluding carboxylic acids is 6. The number of amides is 2. The van der Waals surface area contributed by atoms with E-state index >= 15 is 0 Å². The number of carbonyl (C=O) groups is 9. The predicted molar refractivity (Wildman–Crippen MR) is 545 cm³/mol. The van der Waals surface area contributed by atoms with Crippen LogP contribution in [0.2, 0.25) is 0 Å². The van der Waals surface area contributed by atoms with E-state index in [0.29, 0.717) is 119 Å². The molecule has 6 saturated carbocycles. The Morgan fingerprint density at radius 2 is 0.793 bits per heavy atom. The highest BCUT2D eigenvalue weighted by molar-refractivity contribution is 5.87. The first-order chi connectivity index (χ1) is 67.8. The van der Waals surface area contributed by atoms with Crippen molar-refractivity contribution in [1.29, 1.82) is 0 Å². The molecular formula is C114H181N5O21. The van der Waals surface area contributed by atoms with Crippen molar-refractivity contribution < 1.29 is 103 Å². The molecule has 6 fully saturated rings. The number of aliphatic hydroxyl groups excluding tert-OH is 4. The van der Waals surface area contributed by atoms with Gasteiger partial charge in [0.15, 0.2) is 19.0 Å². The van der Waals surface area contributed by atoms with E-state index in [1.54, 1.807) is 6.92 Å². The van der Waals surface area contributed by atoms with Gasteiger partial charge in [0.05, 0.1) is 54.0 Å². The Labute approximate surface area is 836 Å². The average molecular weight is 1960 g/mol. The molecule has 0 spiro atoms. The van der Waals surface area contributed by atoms with E-state index < -0.39 is 41.8 Å². The van der Waals surface area contributed by atoms with Gasteiger partial charge in [-0.05, 0) is 337 Å².